The number of H-pyrrole nitrogens is 4. The number of aliphatic hydroxyl groups is 2. The maximum Gasteiger partial charge on any atom is 0.326 e. The highest BCUT2D eigenvalue weighted by atomic mass is 16.4. The predicted molar refractivity (Wildman–Crippen MR) is 387 cm³/mol. The topological polar surface area (TPSA) is 712 Å². The summed E-state index contributed by atoms with van der Waals surface area (Å²) in [5.74, 6) is -19.6. The van der Waals surface area contributed by atoms with E-state index in [0.717, 1.165) is 23.6 Å². The van der Waals surface area contributed by atoms with Crippen LogP contribution in [0.4, 0.5) is 0 Å². The number of hydrogen-bond acceptors (Lipinski definition) is 25. The molecule has 0 saturated carbocycles. The van der Waals surface area contributed by atoms with Gasteiger partial charge in [-0.25, -0.2) is 24.7 Å². The summed E-state index contributed by atoms with van der Waals surface area (Å²) in [5, 5.41) is 80.0. The SMILES string of the molecule is C[C@H](NC(=O)[C@H](Cc1c[nH]cn1)NC(=O)[C@H](Cc1c[nH]cn1)NC(=O)[C@H](C)NC(=O)[C@H](Cc1c[nH]cn1)NC(=O)[C@H](Cc1c[nH]cn1)NC(=O)[C@H](C)NC(=O)[C@@H](N)[C@@H](C)O)C(=O)N[C@@H](C)C(=O)N1CCC[C@H]1C(=O)NCC(=O)N[C@H](C(=O)N[C@@H](C)C(=O)N[C@@H](CC(=O)O)C(=O)N[C@@H](CC(=O)O)C(=O)N1CCC[C@H]1C(=O)O)[C@@H](C)O. The zero-order valence-electron chi connectivity index (χ0n) is 63.0. The molecule has 0 unspecified atom stereocenters. The Morgan fingerprint density at radius 1 is 0.404 bits per heavy atom. The third kappa shape index (κ3) is 27.0. The van der Waals surface area contributed by atoms with Crippen LogP contribution in [0.25, 0.3) is 0 Å². The highest BCUT2D eigenvalue weighted by Gasteiger charge is 2.42. The normalized spacial score (nSPS) is 17.8. The van der Waals surface area contributed by atoms with Crippen LogP contribution in [0, 0.1) is 0 Å². The molecule has 114 heavy (non-hydrogen) atoms. The number of hydrogen-bond donors (Lipinski definition) is 23. The first-order chi connectivity index (χ1) is 53.8. The Kier molecular flexibility index (Phi) is 33.6. The predicted octanol–water partition coefficient (Wildman–Crippen LogP) is -10.0. The van der Waals surface area contributed by atoms with Crippen molar-refractivity contribution in [2.75, 3.05) is 19.6 Å². The minimum absolute atomic E-state index is 0.00347. The van der Waals surface area contributed by atoms with E-state index in [1.165, 1.54) is 84.7 Å². The summed E-state index contributed by atoms with van der Waals surface area (Å²) >= 11 is 0. The Labute approximate surface area is 648 Å². The lowest BCUT2D eigenvalue weighted by Crippen LogP contribution is -2.61. The maximum atomic E-state index is 14.5. The van der Waals surface area contributed by atoms with Gasteiger partial charge in [0.25, 0.3) is 0 Å². The lowest BCUT2D eigenvalue weighted by Gasteiger charge is -2.28. The Morgan fingerprint density at radius 3 is 1.11 bits per heavy atom. The number of likely N-dealkylation sites (tertiary alicyclic amines) is 2. The standard InChI is InChI=1S/C67H96N24O23/c1-29(53(99)82-33(5)65(111)90-12-8-10-46(90)62(108)73-24-48(94)89-52(35(7)93)64(110)81-32(4)56(102)85-44(18-49(95)96)61(107)88-45(19-50(97)98)66(112)91-13-9-11-47(91)67(113)114)78-57(103)40(14-36-20-69-25-74-36)86-59(105)42(16-38-22-71-27-76-38)83-54(100)30(2)79-58(104)41(15-37-21-70-26-75-37)87-60(106)43(17-39-23-72-28-77-39)84-55(101)31(3)80-63(109)51(68)34(6)92/h20-23,25-35,40-47,51-52,92-93H,8-19,24,68H2,1-7H3,(H,69,74)(H,70,75)(H,71,76)(H,72,77)(H,73,108)(H,78,103)(H,79,104)(H,80,109)(H,81,110)(H,82,99)(H,83,100)(H,84,101)(H,85,102)(H,86,105)(H,87,106)(H,88,107)(H,89,94)(H,95,96)(H,97,98)(H,113,114)/t29-,30-,31-,32-,33-,34+,35+,40-,41-,42-,43-,44-,45-,46-,47-,51-,52-/m0/s1. The average molecular weight is 1610 g/mol. The van der Waals surface area contributed by atoms with Crippen molar-refractivity contribution >= 4 is 107 Å². The molecule has 47 nitrogen and oxygen atoms in total. The molecule has 4 aromatic rings. The number of amides is 15. The molecule has 6 heterocycles. The Bertz CT molecular complexity index is 4070. The molecule has 6 rings (SSSR count). The first-order valence-corrected chi connectivity index (χ1v) is 36.0. The number of nitrogens with two attached hydrogens (primary N) is 1. The highest BCUT2D eigenvalue weighted by molar-refractivity contribution is 6.01. The van der Waals surface area contributed by atoms with Gasteiger partial charge in [0, 0.05) is 63.6 Å². The van der Waals surface area contributed by atoms with Crippen molar-refractivity contribution in [2.45, 2.75) is 216 Å². The number of carboxylic acid groups (broad SMARTS) is 3. The van der Waals surface area contributed by atoms with Gasteiger partial charge in [-0.3, -0.25) is 81.5 Å². The van der Waals surface area contributed by atoms with Crippen molar-refractivity contribution < 1.29 is 112 Å². The summed E-state index contributed by atoms with van der Waals surface area (Å²) in [6, 6.07) is -22.9. The molecule has 4 aromatic heterocycles. The van der Waals surface area contributed by atoms with Crippen molar-refractivity contribution in [3.8, 4) is 0 Å². The largest absolute Gasteiger partial charge is 0.481 e. The van der Waals surface area contributed by atoms with Crippen molar-refractivity contribution in [1.82, 2.24) is 119 Å². The van der Waals surface area contributed by atoms with Gasteiger partial charge in [0.1, 0.15) is 90.6 Å². The number of aromatic nitrogens is 8. The number of nitrogens with one attached hydrogen (secondary N) is 17. The van der Waals surface area contributed by atoms with Crippen molar-refractivity contribution in [1.29, 1.82) is 0 Å². The first kappa shape index (κ1) is 90.1. The van der Waals surface area contributed by atoms with Crippen molar-refractivity contribution in [3.63, 3.8) is 0 Å². The molecule has 2 saturated heterocycles. The van der Waals surface area contributed by atoms with Gasteiger partial charge in [-0.05, 0) is 74.1 Å². The molecule has 47 heteroatoms. The van der Waals surface area contributed by atoms with Gasteiger partial charge >= 0.3 is 17.9 Å². The number of rotatable bonds is 43. The first-order valence-electron chi connectivity index (χ1n) is 36.0. The molecule has 0 bridgehead atoms. The van der Waals surface area contributed by atoms with Crippen LogP contribution in [-0.2, 0) is 112 Å². The van der Waals surface area contributed by atoms with Gasteiger partial charge in [-0.2, -0.15) is 0 Å². The van der Waals surface area contributed by atoms with E-state index in [9.17, 15) is 112 Å². The third-order valence-electron chi connectivity index (χ3n) is 18.1. The van der Waals surface area contributed by atoms with E-state index in [4.69, 9.17) is 5.73 Å². The monoisotopic (exact) mass is 1600 g/mol. The Morgan fingerprint density at radius 2 is 0.728 bits per heavy atom. The number of aliphatic hydroxyl groups excluding tert-OH is 2. The zero-order chi connectivity index (χ0) is 84.4. The molecular formula is C67H96N24O23. The molecule has 15 amide bonds. The van der Waals surface area contributed by atoms with Gasteiger partial charge in [-0.1, -0.05) is 0 Å². The highest BCUT2D eigenvalue weighted by Crippen LogP contribution is 2.21. The number of carbonyl (C=O) groups is 18. The smallest absolute Gasteiger partial charge is 0.326 e. The molecular weight excluding hydrogens is 1510 g/mol. The number of carbonyl (C=O) groups excluding carboxylic acids is 15. The summed E-state index contributed by atoms with van der Waals surface area (Å²) in [4.78, 5) is 270. The molecule has 0 spiro atoms. The van der Waals surface area contributed by atoms with E-state index < -0.39 is 229 Å². The van der Waals surface area contributed by atoms with Crippen LogP contribution >= 0.6 is 0 Å². The molecule has 17 atom stereocenters. The molecule has 2 aliphatic rings. The second kappa shape index (κ2) is 42.6. The number of imidazole rings is 4. The van der Waals surface area contributed by atoms with E-state index in [2.05, 4.69) is 109 Å². The molecule has 0 aromatic carbocycles. The number of carboxylic acids is 3. The zero-order valence-corrected chi connectivity index (χ0v) is 63.0. The third-order valence-corrected chi connectivity index (χ3v) is 18.1. The summed E-state index contributed by atoms with van der Waals surface area (Å²) in [6.45, 7) is 7.60. The van der Waals surface area contributed by atoms with Crippen LogP contribution in [0.1, 0.15) is 110 Å². The van der Waals surface area contributed by atoms with Gasteiger partial charge in [0.15, 0.2) is 0 Å². The average Bonchev–Trinajstić information content (AvgIpc) is 1.65. The Balaban J connectivity index is 1.03. The fourth-order valence-electron chi connectivity index (χ4n) is 11.8. The minimum atomic E-state index is -2.01. The van der Waals surface area contributed by atoms with Crippen molar-refractivity contribution in [2.24, 2.45) is 5.73 Å². The fraction of sp³-hybridized carbons (Fsp3) is 0.552. The quantitative estimate of drug-likeness (QED) is 0.0196. The summed E-state index contributed by atoms with van der Waals surface area (Å²) in [5.41, 5.74) is 6.80. The fourth-order valence-corrected chi connectivity index (χ4v) is 11.8. The van der Waals surface area contributed by atoms with E-state index in [1.54, 1.807) is 0 Å². The summed E-state index contributed by atoms with van der Waals surface area (Å²) < 4.78 is 0. The lowest BCUT2D eigenvalue weighted by atomic mass is 10.1. The number of nitrogens with zero attached hydrogens (tertiary/aromatic N) is 6. The van der Waals surface area contributed by atoms with Crippen LogP contribution in [-0.4, -0.2) is 304 Å². The van der Waals surface area contributed by atoms with Crippen LogP contribution in [0.5, 0.6) is 0 Å². The second-order valence-electron chi connectivity index (χ2n) is 27.3. The number of aliphatic carboxylic acids is 3. The number of aromatic amines is 4. The van der Waals surface area contributed by atoms with Gasteiger partial charge in [0.05, 0.1) is 79.7 Å². The van der Waals surface area contributed by atoms with E-state index in [0.29, 0.717) is 5.69 Å². The molecule has 622 valence electrons. The lowest BCUT2D eigenvalue weighted by molar-refractivity contribution is -0.151. The summed E-state index contributed by atoms with van der Waals surface area (Å²) in [7, 11) is 0. The van der Waals surface area contributed by atoms with Crippen molar-refractivity contribution in [3.05, 3.63) is 72.9 Å². The molecule has 0 radical (unpaired) electrons. The van der Waals surface area contributed by atoms with Crippen LogP contribution in [0.15, 0.2) is 50.1 Å². The minimum Gasteiger partial charge on any atom is -0.481 e. The maximum absolute atomic E-state index is 14.5. The summed E-state index contributed by atoms with van der Waals surface area (Å²) in [6.07, 6.45) is 5.32. The molecule has 0 aliphatic carbocycles. The van der Waals surface area contributed by atoms with E-state index in [1.807, 2.05) is 0 Å². The Hall–Kier alpha value is -12.8. The molecule has 24 N–H and O–H groups in total. The molecule has 2 aliphatic heterocycles. The van der Waals surface area contributed by atoms with Gasteiger partial charge < -0.3 is 130 Å². The van der Waals surface area contributed by atoms with E-state index >= 15 is 0 Å². The van der Waals surface area contributed by atoms with Crippen LogP contribution in [0.3, 0.4) is 0 Å². The second-order valence-corrected chi connectivity index (χ2v) is 27.3. The van der Waals surface area contributed by atoms with Gasteiger partial charge in [0.2, 0.25) is 88.6 Å². The van der Waals surface area contributed by atoms with Crippen LogP contribution < -0.4 is 74.9 Å². The van der Waals surface area contributed by atoms with Gasteiger partial charge in [-0.15, -0.1) is 0 Å². The molecule has 2 fully saturated rings. The van der Waals surface area contributed by atoms with E-state index in [-0.39, 0.29) is 81.5 Å². The van der Waals surface area contributed by atoms with Crippen LogP contribution in [0.2, 0.25) is 0 Å².